The third kappa shape index (κ3) is 5.99. The van der Waals surface area contributed by atoms with Crippen LogP contribution in [0.2, 0.25) is 0 Å². The predicted octanol–water partition coefficient (Wildman–Crippen LogP) is 4.97. The summed E-state index contributed by atoms with van der Waals surface area (Å²) in [6.45, 7) is 9.48. The molecule has 3 rings (SSSR count). The Bertz CT molecular complexity index is 791. The molecule has 0 aliphatic carbocycles. The van der Waals surface area contributed by atoms with Crippen LogP contribution in [0.4, 0.5) is 11.4 Å². The Balaban J connectivity index is 1.48. The second kappa shape index (κ2) is 10.1. The molecule has 0 aromatic heterocycles. The van der Waals surface area contributed by atoms with Crippen molar-refractivity contribution < 1.29 is 4.74 Å². The highest BCUT2D eigenvalue weighted by Crippen LogP contribution is 2.23. The van der Waals surface area contributed by atoms with Gasteiger partial charge in [-0.1, -0.05) is 37.8 Å². The molecule has 148 valence electrons. The second-order valence-corrected chi connectivity index (χ2v) is 7.70. The molecular formula is C23H29N3OS. The van der Waals surface area contributed by atoms with Crippen LogP contribution in [-0.4, -0.2) is 24.8 Å². The van der Waals surface area contributed by atoms with Crippen molar-refractivity contribution >= 4 is 28.7 Å². The minimum atomic E-state index is 0.485. The van der Waals surface area contributed by atoms with Gasteiger partial charge in [-0.3, -0.25) is 0 Å². The van der Waals surface area contributed by atoms with Crippen molar-refractivity contribution in [3.05, 3.63) is 66.7 Å². The highest BCUT2D eigenvalue weighted by Gasteiger charge is 2.16. The second-order valence-electron chi connectivity index (χ2n) is 7.30. The van der Waals surface area contributed by atoms with E-state index in [2.05, 4.69) is 53.3 Å². The Morgan fingerprint density at radius 1 is 1.29 bits per heavy atom. The zero-order valence-corrected chi connectivity index (χ0v) is 17.3. The van der Waals surface area contributed by atoms with Crippen molar-refractivity contribution in [1.29, 1.82) is 0 Å². The molecule has 4 nitrogen and oxygen atoms in total. The molecule has 1 aliphatic rings. The number of thiocarbonyl (C=S) groups is 1. The van der Waals surface area contributed by atoms with Crippen molar-refractivity contribution in [3.8, 4) is 5.75 Å². The Labute approximate surface area is 173 Å². The van der Waals surface area contributed by atoms with Gasteiger partial charge >= 0.3 is 0 Å². The van der Waals surface area contributed by atoms with E-state index in [1.165, 1.54) is 24.1 Å². The Morgan fingerprint density at radius 2 is 2.11 bits per heavy atom. The standard InChI is InChI=1S/C23H29N3OS/c1-3-14-27-22-8-4-7-20(15-22)25-23(28)24-16-19-9-11-21(12-10-19)26-13-5-6-18(2)17-26/h3-4,7-12,15,18H,1,5-6,13-14,16-17H2,2H3,(H2,24,25,28)/t18-/m0/s1. The summed E-state index contributed by atoms with van der Waals surface area (Å²) in [6, 6.07) is 16.5. The number of anilines is 2. The first-order chi connectivity index (χ1) is 13.6. The Hall–Kier alpha value is -2.53. The molecule has 1 aliphatic heterocycles. The summed E-state index contributed by atoms with van der Waals surface area (Å²) < 4.78 is 5.55. The number of piperidine rings is 1. The van der Waals surface area contributed by atoms with Gasteiger partial charge in [-0.25, -0.2) is 0 Å². The predicted molar refractivity (Wildman–Crippen MR) is 122 cm³/mol. The minimum Gasteiger partial charge on any atom is -0.489 e. The summed E-state index contributed by atoms with van der Waals surface area (Å²) in [7, 11) is 0. The highest BCUT2D eigenvalue weighted by atomic mass is 32.1. The van der Waals surface area contributed by atoms with E-state index in [9.17, 15) is 0 Å². The number of benzene rings is 2. The molecule has 0 unspecified atom stereocenters. The van der Waals surface area contributed by atoms with E-state index < -0.39 is 0 Å². The maximum atomic E-state index is 5.55. The first kappa shape index (κ1) is 20.2. The fraction of sp³-hybridized carbons (Fsp3) is 0.348. The summed E-state index contributed by atoms with van der Waals surface area (Å²) in [5, 5.41) is 7.06. The van der Waals surface area contributed by atoms with Gasteiger partial charge in [0.15, 0.2) is 5.11 Å². The van der Waals surface area contributed by atoms with Gasteiger partial charge < -0.3 is 20.3 Å². The van der Waals surface area contributed by atoms with Gasteiger partial charge in [0, 0.05) is 37.1 Å². The number of nitrogens with zero attached hydrogens (tertiary/aromatic N) is 1. The lowest BCUT2D eigenvalue weighted by molar-refractivity contribution is 0.363. The third-order valence-electron chi connectivity index (χ3n) is 4.87. The van der Waals surface area contributed by atoms with E-state index in [0.29, 0.717) is 18.3 Å². The smallest absolute Gasteiger partial charge is 0.171 e. The third-order valence-corrected chi connectivity index (χ3v) is 5.12. The van der Waals surface area contributed by atoms with Gasteiger partial charge in [0.25, 0.3) is 0 Å². The minimum absolute atomic E-state index is 0.485. The van der Waals surface area contributed by atoms with E-state index in [4.69, 9.17) is 17.0 Å². The molecule has 28 heavy (non-hydrogen) atoms. The number of hydrogen-bond donors (Lipinski definition) is 2. The van der Waals surface area contributed by atoms with E-state index in [1.54, 1.807) is 6.08 Å². The largest absolute Gasteiger partial charge is 0.489 e. The fourth-order valence-corrected chi connectivity index (χ4v) is 3.61. The number of nitrogens with one attached hydrogen (secondary N) is 2. The van der Waals surface area contributed by atoms with E-state index >= 15 is 0 Å². The summed E-state index contributed by atoms with van der Waals surface area (Å²) in [5.41, 5.74) is 3.42. The van der Waals surface area contributed by atoms with Crippen LogP contribution in [0.1, 0.15) is 25.3 Å². The number of hydrogen-bond acceptors (Lipinski definition) is 3. The molecular weight excluding hydrogens is 366 g/mol. The average molecular weight is 396 g/mol. The lowest BCUT2D eigenvalue weighted by Gasteiger charge is -2.32. The summed E-state index contributed by atoms with van der Waals surface area (Å²) >= 11 is 5.42. The lowest BCUT2D eigenvalue weighted by Crippen LogP contribution is -2.34. The lowest BCUT2D eigenvalue weighted by atomic mass is 9.99. The van der Waals surface area contributed by atoms with Crippen LogP contribution in [-0.2, 0) is 6.54 Å². The van der Waals surface area contributed by atoms with Gasteiger partial charge in [-0.2, -0.15) is 0 Å². The molecule has 2 N–H and O–H groups in total. The molecule has 0 saturated carbocycles. The molecule has 0 amide bonds. The van der Waals surface area contributed by atoms with Crippen molar-refractivity contribution in [2.45, 2.75) is 26.3 Å². The van der Waals surface area contributed by atoms with Gasteiger partial charge in [0.05, 0.1) is 0 Å². The van der Waals surface area contributed by atoms with Crippen LogP contribution in [0, 0.1) is 5.92 Å². The van der Waals surface area contributed by atoms with Crippen LogP contribution >= 0.6 is 12.2 Å². The number of rotatable bonds is 7. The van der Waals surface area contributed by atoms with E-state index in [1.807, 2.05) is 24.3 Å². The van der Waals surface area contributed by atoms with Crippen molar-refractivity contribution in [2.75, 3.05) is 29.9 Å². The van der Waals surface area contributed by atoms with Gasteiger partial charge in [0.2, 0.25) is 0 Å². The van der Waals surface area contributed by atoms with Crippen LogP contribution in [0.15, 0.2) is 61.2 Å². The summed E-state index contributed by atoms with van der Waals surface area (Å²) in [5.74, 6) is 1.56. The Morgan fingerprint density at radius 3 is 2.86 bits per heavy atom. The molecule has 2 aromatic rings. The quantitative estimate of drug-likeness (QED) is 0.511. The van der Waals surface area contributed by atoms with Crippen LogP contribution < -0.4 is 20.3 Å². The molecule has 1 saturated heterocycles. The zero-order chi connectivity index (χ0) is 19.8. The molecule has 1 atom stereocenters. The van der Waals surface area contributed by atoms with Crippen LogP contribution in [0.3, 0.4) is 0 Å². The molecule has 2 aromatic carbocycles. The average Bonchev–Trinajstić information content (AvgIpc) is 2.71. The molecule has 0 spiro atoms. The fourth-order valence-electron chi connectivity index (χ4n) is 3.42. The highest BCUT2D eigenvalue weighted by molar-refractivity contribution is 7.80. The summed E-state index contributed by atoms with van der Waals surface area (Å²) in [4.78, 5) is 2.49. The van der Waals surface area contributed by atoms with Gasteiger partial charge in [0.1, 0.15) is 12.4 Å². The van der Waals surface area contributed by atoms with Crippen molar-refractivity contribution in [2.24, 2.45) is 5.92 Å². The zero-order valence-electron chi connectivity index (χ0n) is 16.5. The molecule has 5 heteroatoms. The molecule has 0 bridgehead atoms. The topological polar surface area (TPSA) is 36.5 Å². The van der Waals surface area contributed by atoms with Crippen molar-refractivity contribution in [3.63, 3.8) is 0 Å². The van der Waals surface area contributed by atoms with Crippen LogP contribution in [0.5, 0.6) is 5.75 Å². The monoisotopic (exact) mass is 395 g/mol. The van der Waals surface area contributed by atoms with Crippen molar-refractivity contribution in [1.82, 2.24) is 5.32 Å². The molecule has 1 heterocycles. The Kier molecular flexibility index (Phi) is 7.31. The maximum Gasteiger partial charge on any atom is 0.171 e. The summed E-state index contributed by atoms with van der Waals surface area (Å²) in [6.07, 6.45) is 4.35. The van der Waals surface area contributed by atoms with E-state index in [0.717, 1.165) is 30.4 Å². The molecule has 1 fully saturated rings. The first-order valence-corrected chi connectivity index (χ1v) is 10.3. The first-order valence-electron chi connectivity index (χ1n) is 9.86. The normalized spacial score (nSPS) is 16.3. The van der Waals surface area contributed by atoms with Gasteiger partial charge in [-0.15, -0.1) is 0 Å². The SMILES string of the molecule is C=CCOc1cccc(NC(=S)NCc2ccc(N3CCC[C@H](C)C3)cc2)c1. The number of ether oxygens (including phenoxy) is 1. The van der Waals surface area contributed by atoms with Gasteiger partial charge in [-0.05, 0) is 60.8 Å². The molecule has 0 radical (unpaired) electrons. The van der Waals surface area contributed by atoms with E-state index in [-0.39, 0.29) is 0 Å². The maximum absolute atomic E-state index is 5.55. The van der Waals surface area contributed by atoms with Crippen LogP contribution in [0.25, 0.3) is 0 Å².